The second kappa shape index (κ2) is 5.51. The van der Waals surface area contributed by atoms with Gasteiger partial charge >= 0.3 is 0 Å². The predicted molar refractivity (Wildman–Crippen MR) is 80.4 cm³/mol. The Kier molecular flexibility index (Phi) is 4.16. The summed E-state index contributed by atoms with van der Waals surface area (Å²) in [6.07, 6.45) is 0. The van der Waals surface area contributed by atoms with Crippen molar-refractivity contribution >= 4 is 5.69 Å². The van der Waals surface area contributed by atoms with Gasteiger partial charge in [0.25, 0.3) is 0 Å². The van der Waals surface area contributed by atoms with Crippen molar-refractivity contribution in [3.05, 3.63) is 29.8 Å². The van der Waals surface area contributed by atoms with E-state index in [4.69, 9.17) is 0 Å². The number of hydrogen-bond acceptors (Lipinski definition) is 3. The molecule has 2 N–H and O–H groups in total. The zero-order chi connectivity index (χ0) is 14.0. The van der Waals surface area contributed by atoms with Crippen molar-refractivity contribution in [3.63, 3.8) is 0 Å². The van der Waals surface area contributed by atoms with Gasteiger partial charge in [-0.05, 0) is 31.4 Å². The summed E-state index contributed by atoms with van der Waals surface area (Å²) in [6.45, 7) is 10.8. The number of β-amino-alcohol motifs (C(OH)–C–C–N with tert-alkyl or cyclic N) is 1. The van der Waals surface area contributed by atoms with Gasteiger partial charge in [0.2, 0.25) is 0 Å². The fraction of sp³-hybridized carbons (Fsp3) is 0.625. The third-order valence-electron chi connectivity index (χ3n) is 4.22. The molecule has 1 aromatic carbocycles. The van der Waals surface area contributed by atoms with Crippen LogP contribution in [0.1, 0.15) is 33.3 Å². The summed E-state index contributed by atoms with van der Waals surface area (Å²) in [5.74, 6) is 0.242. The molecule has 1 aliphatic rings. The van der Waals surface area contributed by atoms with Crippen LogP contribution in [-0.2, 0) is 6.54 Å². The van der Waals surface area contributed by atoms with Crippen LogP contribution in [0.4, 0.5) is 5.69 Å². The summed E-state index contributed by atoms with van der Waals surface area (Å²) < 4.78 is 0. The number of aliphatic hydroxyl groups is 1. The molecule has 3 nitrogen and oxygen atoms in total. The summed E-state index contributed by atoms with van der Waals surface area (Å²) in [5.41, 5.74) is 1.89. The summed E-state index contributed by atoms with van der Waals surface area (Å²) in [6, 6.07) is 8.90. The number of nitrogens with one attached hydrogen (secondary N) is 1. The smallest absolute Gasteiger partial charge is 0.0816 e. The first-order valence-electron chi connectivity index (χ1n) is 7.19. The second-order valence-corrected chi connectivity index (χ2v) is 6.30. The van der Waals surface area contributed by atoms with Crippen molar-refractivity contribution in [2.45, 2.75) is 45.9 Å². The van der Waals surface area contributed by atoms with Crippen molar-refractivity contribution < 1.29 is 5.11 Å². The van der Waals surface area contributed by atoms with E-state index in [1.807, 2.05) is 6.92 Å². The van der Waals surface area contributed by atoms with E-state index in [2.05, 4.69) is 55.3 Å². The first-order chi connectivity index (χ1) is 8.90. The van der Waals surface area contributed by atoms with E-state index in [1.165, 1.54) is 11.3 Å². The number of rotatable bonds is 3. The summed E-state index contributed by atoms with van der Waals surface area (Å²) in [5, 5.41) is 14.1. The lowest BCUT2D eigenvalue weighted by molar-refractivity contribution is 0.0204. The largest absolute Gasteiger partial charge is 0.388 e. The second-order valence-electron chi connectivity index (χ2n) is 6.30. The average Bonchev–Trinajstić information content (AvgIpc) is 2.49. The number of para-hydroxylation sites is 1. The van der Waals surface area contributed by atoms with E-state index in [9.17, 15) is 5.11 Å². The first kappa shape index (κ1) is 14.4. The van der Waals surface area contributed by atoms with Gasteiger partial charge in [-0.1, -0.05) is 32.0 Å². The van der Waals surface area contributed by atoms with Crippen LogP contribution in [0.25, 0.3) is 0 Å². The van der Waals surface area contributed by atoms with E-state index in [1.54, 1.807) is 0 Å². The van der Waals surface area contributed by atoms with Gasteiger partial charge in [-0.25, -0.2) is 0 Å². The van der Waals surface area contributed by atoms with Crippen LogP contribution in [0.5, 0.6) is 0 Å². The fourth-order valence-corrected chi connectivity index (χ4v) is 2.47. The highest BCUT2D eigenvalue weighted by atomic mass is 16.3. The normalized spacial score (nSPS) is 22.8. The monoisotopic (exact) mass is 262 g/mol. The number of nitrogens with zero attached hydrogens (tertiary/aromatic N) is 1. The van der Waals surface area contributed by atoms with Gasteiger partial charge in [0.15, 0.2) is 0 Å². The molecule has 1 aliphatic heterocycles. The van der Waals surface area contributed by atoms with Crippen LogP contribution in [0.2, 0.25) is 0 Å². The first-order valence-corrected chi connectivity index (χ1v) is 7.19. The van der Waals surface area contributed by atoms with Crippen molar-refractivity contribution in [1.82, 2.24) is 5.32 Å². The predicted octanol–water partition coefficient (Wildman–Crippen LogP) is 2.39. The van der Waals surface area contributed by atoms with Crippen molar-refractivity contribution in [2.24, 2.45) is 5.92 Å². The Morgan fingerprint density at radius 3 is 2.79 bits per heavy atom. The lowest BCUT2D eigenvalue weighted by Crippen LogP contribution is -2.47. The molecular weight excluding hydrogens is 236 g/mol. The Labute approximate surface area is 116 Å². The molecule has 1 aromatic rings. The number of fused-ring (bicyclic) bond motifs is 1. The lowest BCUT2D eigenvalue weighted by Gasteiger charge is -2.36. The number of hydrogen-bond donors (Lipinski definition) is 2. The molecule has 0 amide bonds. The van der Waals surface area contributed by atoms with Gasteiger partial charge in [-0.15, -0.1) is 0 Å². The lowest BCUT2D eigenvalue weighted by atomic mass is 9.91. The molecule has 2 atom stereocenters. The zero-order valence-corrected chi connectivity index (χ0v) is 12.5. The molecule has 0 bridgehead atoms. The maximum absolute atomic E-state index is 10.6. The Bertz CT molecular complexity index is 429. The molecule has 19 heavy (non-hydrogen) atoms. The van der Waals surface area contributed by atoms with Gasteiger partial charge in [-0.3, -0.25) is 0 Å². The molecular formula is C16H26N2O. The van der Waals surface area contributed by atoms with Crippen LogP contribution in [-0.4, -0.2) is 29.8 Å². The van der Waals surface area contributed by atoms with E-state index >= 15 is 0 Å². The average molecular weight is 262 g/mol. The SMILES string of the molecule is CC1CN(CC(C)(O)C(C)C)c2ccccc2CN1. The fourth-order valence-electron chi connectivity index (χ4n) is 2.47. The molecule has 3 heteroatoms. The minimum atomic E-state index is -0.669. The molecule has 106 valence electrons. The molecule has 2 rings (SSSR count). The minimum absolute atomic E-state index is 0.242. The number of anilines is 1. The highest BCUT2D eigenvalue weighted by molar-refractivity contribution is 5.55. The summed E-state index contributed by atoms with van der Waals surface area (Å²) >= 11 is 0. The maximum atomic E-state index is 10.6. The van der Waals surface area contributed by atoms with E-state index in [0.717, 1.165) is 13.1 Å². The molecule has 0 aromatic heterocycles. The van der Waals surface area contributed by atoms with Gasteiger partial charge in [0.05, 0.1) is 5.60 Å². The van der Waals surface area contributed by atoms with Crippen molar-refractivity contribution in [2.75, 3.05) is 18.0 Å². The Hall–Kier alpha value is -1.06. The van der Waals surface area contributed by atoms with Gasteiger partial charge < -0.3 is 15.3 Å². The summed E-state index contributed by atoms with van der Waals surface area (Å²) in [4.78, 5) is 2.32. The van der Waals surface area contributed by atoms with E-state index in [-0.39, 0.29) is 5.92 Å². The van der Waals surface area contributed by atoms with Crippen LogP contribution < -0.4 is 10.2 Å². The zero-order valence-electron chi connectivity index (χ0n) is 12.5. The molecule has 0 aliphatic carbocycles. The third-order valence-corrected chi connectivity index (χ3v) is 4.22. The Morgan fingerprint density at radius 1 is 1.42 bits per heavy atom. The van der Waals surface area contributed by atoms with Gasteiger partial charge in [0, 0.05) is 31.4 Å². The molecule has 0 fully saturated rings. The Balaban J connectivity index is 2.27. The van der Waals surface area contributed by atoms with Gasteiger partial charge in [0.1, 0.15) is 0 Å². The maximum Gasteiger partial charge on any atom is 0.0816 e. The third kappa shape index (κ3) is 3.28. The molecule has 0 saturated carbocycles. The highest BCUT2D eigenvalue weighted by Crippen LogP contribution is 2.27. The number of benzene rings is 1. The molecule has 0 radical (unpaired) electrons. The van der Waals surface area contributed by atoms with Crippen molar-refractivity contribution in [3.8, 4) is 0 Å². The molecule has 1 heterocycles. The minimum Gasteiger partial charge on any atom is -0.388 e. The van der Waals surface area contributed by atoms with Crippen LogP contribution in [0.15, 0.2) is 24.3 Å². The quantitative estimate of drug-likeness (QED) is 0.878. The molecule has 0 spiro atoms. The van der Waals surface area contributed by atoms with Gasteiger partial charge in [-0.2, -0.15) is 0 Å². The topological polar surface area (TPSA) is 35.5 Å². The Morgan fingerprint density at radius 2 is 2.11 bits per heavy atom. The highest BCUT2D eigenvalue weighted by Gasteiger charge is 2.30. The molecule has 0 saturated heterocycles. The van der Waals surface area contributed by atoms with Crippen LogP contribution in [0.3, 0.4) is 0 Å². The standard InChI is InChI=1S/C16H26N2O/c1-12(2)16(4,19)11-18-10-13(3)17-9-14-7-5-6-8-15(14)18/h5-8,12-13,17,19H,9-11H2,1-4H3. The van der Waals surface area contributed by atoms with Crippen LogP contribution in [0, 0.1) is 5.92 Å². The van der Waals surface area contributed by atoms with Crippen LogP contribution >= 0.6 is 0 Å². The van der Waals surface area contributed by atoms with Crippen molar-refractivity contribution in [1.29, 1.82) is 0 Å². The van der Waals surface area contributed by atoms with E-state index in [0.29, 0.717) is 12.6 Å². The summed E-state index contributed by atoms with van der Waals surface area (Å²) in [7, 11) is 0. The van der Waals surface area contributed by atoms with E-state index < -0.39 is 5.60 Å². The molecule has 2 unspecified atom stereocenters.